The Morgan fingerprint density at radius 1 is 1.12 bits per heavy atom. The summed E-state index contributed by atoms with van der Waals surface area (Å²) in [4.78, 5) is 51.1. The maximum absolute atomic E-state index is 15.1. The molecule has 4 heterocycles. The Hall–Kier alpha value is -3.86. The molecule has 0 radical (unpaired) electrons. The van der Waals surface area contributed by atoms with Crippen molar-refractivity contribution in [3.05, 3.63) is 47.3 Å². The summed E-state index contributed by atoms with van der Waals surface area (Å²) in [5, 5.41) is 10.5. The van der Waals surface area contributed by atoms with Crippen molar-refractivity contribution in [1.82, 2.24) is 19.7 Å². The van der Waals surface area contributed by atoms with Crippen LogP contribution in [0.3, 0.4) is 0 Å². The van der Waals surface area contributed by atoms with Crippen LogP contribution in [0.4, 0.5) is 10.2 Å². The van der Waals surface area contributed by atoms with Crippen molar-refractivity contribution < 1.29 is 28.6 Å². The zero-order valence-electron chi connectivity index (χ0n) is 22.7. The van der Waals surface area contributed by atoms with Gasteiger partial charge in [-0.2, -0.15) is 0 Å². The Morgan fingerprint density at radius 3 is 2.54 bits per heavy atom. The van der Waals surface area contributed by atoms with Gasteiger partial charge < -0.3 is 29.4 Å². The van der Waals surface area contributed by atoms with Gasteiger partial charge in [-0.05, 0) is 38.0 Å². The van der Waals surface area contributed by atoms with Gasteiger partial charge in [0.15, 0.2) is 5.75 Å². The summed E-state index contributed by atoms with van der Waals surface area (Å²) in [6, 6.07) is 3.23. The minimum atomic E-state index is -0.728. The highest BCUT2D eigenvalue weighted by Gasteiger charge is 2.43. The lowest BCUT2D eigenvalue weighted by molar-refractivity contribution is -0.133. The number of halogens is 2. The number of piperazine rings is 2. The van der Waals surface area contributed by atoms with E-state index in [1.807, 2.05) is 16.7 Å². The van der Waals surface area contributed by atoms with Crippen LogP contribution in [0, 0.1) is 11.7 Å². The first-order chi connectivity index (χ1) is 19.7. The minimum absolute atomic E-state index is 0.0455. The molecule has 1 aromatic carbocycles. The van der Waals surface area contributed by atoms with Crippen LogP contribution in [-0.4, -0.2) is 100 Å². The second kappa shape index (κ2) is 10.5. The summed E-state index contributed by atoms with van der Waals surface area (Å²) in [6.07, 6.45) is 3.06. The molecule has 0 unspecified atom stereocenters. The number of pyridine rings is 1. The summed E-state index contributed by atoms with van der Waals surface area (Å²) in [6.45, 7) is 7.69. The molecule has 1 aliphatic carbocycles. The van der Waals surface area contributed by atoms with Crippen LogP contribution >= 0.6 is 11.6 Å². The van der Waals surface area contributed by atoms with Crippen LogP contribution in [0.25, 0.3) is 11.3 Å². The zero-order chi connectivity index (χ0) is 29.0. The van der Waals surface area contributed by atoms with E-state index in [4.69, 9.17) is 21.3 Å². The minimum Gasteiger partial charge on any atom is -0.507 e. The average Bonchev–Trinajstić information content (AvgIpc) is 3.82. The summed E-state index contributed by atoms with van der Waals surface area (Å²) in [5.41, 5.74) is -0.0947. The van der Waals surface area contributed by atoms with E-state index in [2.05, 4.69) is 6.58 Å². The highest BCUT2D eigenvalue weighted by atomic mass is 35.5. The second-order valence-electron chi connectivity index (χ2n) is 11.0. The smallest absolute Gasteiger partial charge is 0.261 e. The van der Waals surface area contributed by atoms with Crippen LogP contribution in [0.2, 0.25) is 5.02 Å². The molecule has 0 spiro atoms. The fourth-order valence-corrected chi connectivity index (χ4v) is 6.24. The lowest BCUT2D eigenvalue weighted by Crippen LogP contribution is -2.58. The number of hydrogen-bond acceptors (Lipinski definition) is 7. The van der Waals surface area contributed by atoms with Crippen LogP contribution in [-0.2, 0) is 9.59 Å². The molecule has 4 aliphatic rings. The number of phenolic OH excluding ortho intramolecular Hbond substituents is 1. The Morgan fingerprint density at radius 2 is 1.85 bits per heavy atom. The van der Waals surface area contributed by atoms with E-state index < -0.39 is 11.9 Å². The van der Waals surface area contributed by atoms with E-state index in [1.165, 1.54) is 24.3 Å². The summed E-state index contributed by atoms with van der Waals surface area (Å²) < 4.78 is 21.3. The number of carbonyl (C=O) groups excluding carboxylic acids is 3. The van der Waals surface area contributed by atoms with Gasteiger partial charge in [-0.1, -0.05) is 24.2 Å². The summed E-state index contributed by atoms with van der Waals surface area (Å²) in [5.74, 6) is -1.13. The van der Waals surface area contributed by atoms with Crippen LogP contribution in [0.15, 0.2) is 30.9 Å². The van der Waals surface area contributed by atoms with Crippen molar-refractivity contribution in [1.29, 1.82) is 0 Å². The summed E-state index contributed by atoms with van der Waals surface area (Å²) in [7, 11) is 0. The van der Waals surface area contributed by atoms with E-state index in [1.54, 1.807) is 9.80 Å². The standard InChI is InChI=1S/C29H31ClFN5O5/c1-3-21(38)33-9-12-36-18(14-33)15-41-26-23(29(36)40)27(32-25(24(26)30)22-19(31)5-4-6-20(22)37)35-11-10-34(13-16(35)2)28(39)17-7-8-17/h3-6,16-18,37H,1,7-15H2,2H3/t16-,18+/m0/s1. The number of aromatic nitrogens is 1. The monoisotopic (exact) mass is 583 g/mol. The van der Waals surface area contributed by atoms with Crippen LogP contribution in [0.5, 0.6) is 11.5 Å². The van der Waals surface area contributed by atoms with E-state index in [0.29, 0.717) is 26.2 Å². The van der Waals surface area contributed by atoms with Gasteiger partial charge in [0.2, 0.25) is 11.8 Å². The second-order valence-corrected chi connectivity index (χ2v) is 11.4. The Bertz CT molecular complexity index is 1430. The van der Waals surface area contributed by atoms with Gasteiger partial charge in [-0.15, -0.1) is 0 Å². The topological polar surface area (TPSA) is 107 Å². The number of ether oxygens (including phenoxy) is 1. The molecule has 12 heteroatoms. The highest BCUT2D eigenvalue weighted by Crippen LogP contribution is 2.46. The molecule has 216 valence electrons. The number of carbonyl (C=O) groups is 3. The van der Waals surface area contributed by atoms with Crippen molar-refractivity contribution in [3.8, 4) is 22.8 Å². The normalized spacial score (nSPS) is 22.5. The van der Waals surface area contributed by atoms with Gasteiger partial charge >= 0.3 is 0 Å². The molecular weight excluding hydrogens is 553 g/mol. The van der Waals surface area contributed by atoms with Gasteiger partial charge in [0, 0.05) is 51.2 Å². The maximum Gasteiger partial charge on any atom is 0.261 e. The first-order valence-electron chi connectivity index (χ1n) is 13.8. The lowest BCUT2D eigenvalue weighted by atomic mass is 10.0. The third-order valence-corrected chi connectivity index (χ3v) is 8.66. The molecule has 10 nitrogen and oxygen atoms in total. The Kier molecular flexibility index (Phi) is 7.01. The van der Waals surface area contributed by atoms with Crippen molar-refractivity contribution in [2.45, 2.75) is 31.8 Å². The molecule has 3 aliphatic heterocycles. The zero-order valence-corrected chi connectivity index (χ0v) is 23.4. The molecule has 1 aromatic heterocycles. The predicted octanol–water partition coefficient (Wildman–Crippen LogP) is 2.93. The van der Waals surface area contributed by atoms with E-state index in [9.17, 15) is 19.5 Å². The number of hydrogen-bond donors (Lipinski definition) is 1. The van der Waals surface area contributed by atoms with E-state index in [-0.39, 0.29) is 88.5 Å². The molecule has 0 bridgehead atoms. The largest absolute Gasteiger partial charge is 0.507 e. The van der Waals surface area contributed by atoms with Crippen molar-refractivity contribution >= 4 is 35.1 Å². The fourth-order valence-electron chi connectivity index (χ4n) is 5.96. The lowest BCUT2D eigenvalue weighted by Gasteiger charge is -2.42. The number of anilines is 1. The number of amides is 3. The van der Waals surface area contributed by atoms with Crippen LogP contribution < -0.4 is 9.64 Å². The fraction of sp³-hybridized carbons (Fsp3) is 0.448. The predicted molar refractivity (Wildman–Crippen MR) is 150 cm³/mol. The average molecular weight is 584 g/mol. The SMILES string of the molecule is C=CC(=O)N1CCN2C(=O)c3c(N4CCN(C(=O)C5CC5)C[C@@H]4C)nc(-c4c(O)cccc4F)c(Cl)c3OC[C@H]2C1. The number of phenols is 1. The number of rotatable bonds is 4. The van der Waals surface area contributed by atoms with Gasteiger partial charge in [0.1, 0.15) is 40.3 Å². The molecule has 1 saturated carbocycles. The first kappa shape index (κ1) is 27.3. The van der Waals surface area contributed by atoms with Gasteiger partial charge in [-0.3, -0.25) is 14.4 Å². The van der Waals surface area contributed by atoms with Crippen molar-refractivity contribution in [2.75, 3.05) is 50.8 Å². The molecular formula is C29H31ClFN5O5. The van der Waals surface area contributed by atoms with Crippen molar-refractivity contribution in [2.24, 2.45) is 5.92 Å². The van der Waals surface area contributed by atoms with Gasteiger partial charge in [0.25, 0.3) is 5.91 Å². The molecule has 2 atom stereocenters. The maximum atomic E-state index is 15.1. The highest BCUT2D eigenvalue weighted by molar-refractivity contribution is 6.35. The first-order valence-corrected chi connectivity index (χ1v) is 14.2. The summed E-state index contributed by atoms with van der Waals surface area (Å²) >= 11 is 6.81. The molecule has 3 amide bonds. The number of benzene rings is 1. The Labute approximate surface area is 241 Å². The van der Waals surface area contributed by atoms with E-state index >= 15 is 4.39 Å². The molecule has 2 saturated heterocycles. The third-order valence-electron chi connectivity index (χ3n) is 8.31. The molecule has 6 rings (SSSR count). The van der Waals surface area contributed by atoms with E-state index in [0.717, 1.165) is 12.8 Å². The molecule has 3 fully saturated rings. The quantitative estimate of drug-likeness (QED) is 0.552. The third kappa shape index (κ3) is 4.75. The Balaban J connectivity index is 1.44. The van der Waals surface area contributed by atoms with Crippen molar-refractivity contribution in [3.63, 3.8) is 0 Å². The number of fused-ring (bicyclic) bond motifs is 2. The molecule has 1 N–H and O–H groups in total. The van der Waals surface area contributed by atoms with Gasteiger partial charge in [-0.25, -0.2) is 9.37 Å². The number of aromatic hydroxyl groups is 1. The van der Waals surface area contributed by atoms with Gasteiger partial charge in [0.05, 0.1) is 11.6 Å². The molecule has 41 heavy (non-hydrogen) atoms. The molecule has 2 aromatic rings. The number of nitrogens with zero attached hydrogens (tertiary/aromatic N) is 5. The van der Waals surface area contributed by atoms with Crippen LogP contribution in [0.1, 0.15) is 30.1 Å².